The first-order chi connectivity index (χ1) is 23.4. The Bertz CT molecular complexity index is 1760. The summed E-state index contributed by atoms with van der Waals surface area (Å²) < 4.78 is 59.0. The van der Waals surface area contributed by atoms with Crippen LogP contribution in [0.1, 0.15) is 47.8 Å². The average Bonchev–Trinajstić information content (AvgIpc) is 3.08. The van der Waals surface area contributed by atoms with Crippen LogP contribution >= 0.6 is 11.8 Å². The van der Waals surface area contributed by atoms with Crippen LogP contribution in [0.5, 0.6) is 0 Å². The number of amides is 1. The highest BCUT2D eigenvalue weighted by molar-refractivity contribution is 7.98. The number of rotatable bonds is 15. The molecule has 4 aromatic rings. The second-order valence-corrected chi connectivity index (χ2v) is 12.1. The Morgan fingerprint density at radius 3 is 2.02 bits per heavy atom. The molecule has 0 radical (unpaired) electrons. The minimum absolute atomic E-state index is 0.0507. The second kappa shape index (κ2) is 17.3. The highest BCUT2D eigenvalue weighted by Crippen LogP contribution is 2.31. The molecule has 1 aromatic heterocycles. The summed E-state index contributed by atoms with van der Waals surface area (Å²) in [5.41, 5.74) is 1.13. The van der Waals surface area contributed by atoms with Crippen molar-refractivity contribution in [2.75, 3.05) is 32.8 Å². The quantitative estimate of drug-likeness (QED) is 0.0578. The Hall–Kier alpha value is -4.49. The predicted octanol–water partition coefficient (Wildman–Crippen LogP) is 6.91. The van der Waals surface area contributed by atoms with Crippen molar-refractivity contribution in [2.24, 2.45) is 0 Å². The van der Waals surface area contributed by atoms with Gasteiger partial charge in [0, 0.05) is 31.6 Å². The van der Waals surface area contributed by atoms with E-state index in [1.807, 2.05) is 26.0 Å². The van der Waals surface area contributed by atoms with E-state index in [-0.39, 0.29) is 42.1 Å². The van der Waals surface area contributed by atoms with Gasteiger partial charge in [0.1, 0.15) is 17.9 Å². The average molecular weight is 699 g/mol. The van der Waals surface area contributed by atoms with Gasteiger partial charge < -0.3 is 19.1 Å². The summed E-state index contributed by atoms with van der Waals surface area (Å²) in [5.74, 6) is -1.19. The molecule has 8 nitrogen and oxygen atoms in total. The molecule has 49 heavy (non-hydrogen) atoms. The maximum atomic E-state index is 14.0. The first-order valence-electron chi connectivity index (χ1n) is 15.8. The zero-order chi connectivity index (χ0) is 35.6. The molecule has 0 N–H and O–H groups in total. The molecule has 260 valence electrons. The maximum absolute atomic E-state index is 14.0. The standard InChI is InChI=1S/C36H38F4N4O4S/c1-4-42(5-2)19-20-43(21-25-7-11-27(12-8-25)28-13-15-29(16-14-28)36(38,39)40)32(45)23-44-22-31(34(47)48-6-3)33(46)41-35(44)49-24-26-9-17-30(37)18-10-26/h7-18,22H,4-6,19-21,23-24H2,1-3H3. The van der Waals surface area contributed by atoms with Crippen molar-refractivity contribution in [3.63, 3.8) is 0 Å². The number of likely N-dealkylation sites (N-methyl/N-ethyl adjacent to an activating group) is 1. The van der Waals surface area contributed by atoms with E-state index in [9.17, 15) is 31.9 Å². The molecule has 1 amide bonds. The van der Waals surface area contributed by atoms with Gasteiger partial charge in [0.05, 0.1) is 12.2 Å². The van der Waals surface area contributed by atoms with Crippen LogP contribution in [-0.4, -0.2) is 64.0 Å². The monoisotopic (exact) mass is 698 g/mol. The Morgan fingerprint density at radius 2 is 1.45 bits per heavy atom. The number of carbonyl (C=O) groups is 2. The highest BCUT2D eigenvalue weighted by Gasteiger charge is 2.30. The summed E-state index contributed by atoms with van der Waals surface area (Å²) in [7, 11) is 0. The fraction of sp³-hybridized carbons (Fsp3) is 0.333. The van der Waals surface area contributed by atoms with Gasteiger partial charge in [-0.25, -0.2) is 9.18 Å². The van der Waals surface area contributed by atoms with Crippen LogP contribution in [0.15, 0.2) is 88.9 Å². The zero-order valence-corrected chi connectivity index (χ0v) is 28.3. The number of esters is 1. The van der Waals surface area contributed by atoms with Gasteiger partial charge in [0.2, 0.25) is 5.91 Å². The lowest BCUT2D eigenvalue weighted by Crippen LogP contribution is -2.40. The van der Waals surface area contributed by atoms with Crippen molar-refractivity contribution < 1.29 is 31.9 Å². The molecular formula is C36H38F4N4O4S. The molecule has 13 heteroatoms. The minimum atomic E-state index is -4.42. The molecule has 0 aliphatic heterocycles. The SMILES string of the molecule is CCOC(=O)c1cn(CC(=O)N(CCN(CC)CC)Cc2ccc(-c3ccc(C(F)(F)F)cc3)cc2)c(SCc2ccc(F)cc2)nc1=O. The molecule has 0 aliphatic rings. The largest absolute Gasteiger partial charge is 0.462 e. The van der Waals surface area contributed by atoms with Crippen LogP contribution in [0.25, 0.3) is 11.1 Å². The topological polar surface area (TPSA) is 84.7 Å². The van der Waals surface area contributed by atoms with Crippen molar-refractivity contribution in [3.8, 4) is 11.1 Å². The Labute approximate surface area is 286 Å². The molecule has 0 bridgehead atoms. The fourth-order valence-corrected chi connectivity index (χ4v) is 5.92. The summed E-state index contributed by atoms with van der Waals surface area (Å²) in [6, 6.07) is 18.1. The van der Waals surface area contributed by atoms with E-state index in [0.29, 0.717) is 24.4 Å². The number of hydrogen-bond donors (Lipinski definition) is 0. The van der Waals surface area contributed by atoms with E-state index in [1.165, 1.54) is 46.8 Å². The fourth-order valence-electron chi connectivity index (χ4n) is 5.00. The van der Waals surface area contributed by atoms with Crippen LogP contribution in [0.2, 0.25) is 0 Å². The lowest BCUT2D eigenvalue weighted by molar-refractivity contribution is -0.137. The van der Waals surface area contributed by atoms with Crippen molar-refractivity contribution >= 4 is 23.6 Å². The van der Waals surface area contributed by atoms with Crippen LogP contribution < -0.4 is 5.56 Å². The first kappa shape index (κ1) is 37.3. The van der Waals surface area contributed by atoms with Gasteiger partial charge >= 0.3 is 12.1 Å². The van der Waals surface area contributed by atoms with E-state index in [4.69, 9.17) is 4.74 Å². The molecular weight excluding hydrogens is 660 g/mol. The number of halogens is 4. The Morgan fingerprint density at radius 1 is 0.857 bits per heavy atom. The van der Waals surface area contributed by atoms with E-state index >= 15 is 0 Å². The number of hydrogen-bond acceptors (Lipinski definition) is 7. The van der Waals surface area contributed by atoms with Gasteiger partial charge in [-0.05, 0) is 66.5 Å². The smallest absolute Gasteiger partial charge is 0.416 e. The van der Waals surface area contributed by atoms with Crippen LogP contribution in [0, 0.1) is 5.82 Å². The van der Waals surface area contributed by atoms with Crippen molar-refractivity contribution in [3.05, 3.63) is 117 Å². The molecule has 1 heterocycles. The number of alkyl halides is 3. The summed E-state index contributed by atoms with van der Waals surface area (Å²) >= 11 is 1.17. The van der Waals surface area contributed by atoms with Gasteiger partial charge in [-0.1, -0.05) is 74.1 Å². The number of nitrogens with zero attached hydrogens (tertiary/aromatic N) is 4. The molecule has 0 atom stereocenters. The molecule has 4 rings (SSSR count). The minimum Gasteiger partial charge on any atom is -0.462 e. The summed E-state index contributed by atoms with van der Waals surface area (Å²) in [6.07, 6.45) is -3.13. The van der Waals surface area contributed by atoms with Crippen LogP contribution in [0.3, 0.4) is 0 Å². The van der Waals surface area contributed by atoms with Gasteiger partial charge in [0.25, 0.3) is 5.56 Å². The lowest BCUT2D eigenvalue weighted by Gasteiger charge is -2.27. The van der Waals surface area contributed by atoms with E-state index < -0.39 is 23.3 Å². The summed E-state index contributed by atoms with van der Waals surface area (Å²) in [5, 5.41) is 0.209. The van der Waals surface area contributed by atoms with Gasteiger partial charge in [0.15, 0.2) is 5.16 Å². The normalized spacial score (nSPS) is 11.5. The number of ether oxygens (including phenoxy) is 1. The third kappa shape index (κ3) is 10.5. The van der Waals surface area contributed by atoms with Crippen LogP contribution in [0.4, 0.5) is 17.6 Å². The number of aromatic nitrogens is 2. The van der Waals surface area contributed by atoms with E-state index in [0.717, 1.165) is 41.9 Å². The van der Waals surface area contributed by atoms with Crippen LogP contribution in [-0.2, 0) is 34.6 Å². The molecule has 0 aliphatic carbocycles. The van der Waals surface area contributed by atoms with Gasteiger partial charge in [-0.15, -0.1) is 0 Å². The number of benzene rings is 3. The summed E-state index contributed by atoms with van der Waals surface area (Å²) in [6.45, 7) is 8.30. The highest BCUT2D eigenvalue weighted by atomic mass is 32.2. The van der Waals surface area contributed by atoms with Gasteiger partial charge in [-0.3, -0.25) is 9.59 Å². The van der Waals surface area contributed by atoms with E-state index in [2.05, 4.69) is 9.88 Å². The van der Waals surface area contributed by atoms with Crippen molar-refractivity contribution in [2.45, 2.75) is 50.9 Å². The molecule has 0 saturated heterocycles. The van der Waals surface area contributed by atoms with Gasteiger partial charge in [-0.2, -0.15) is 18.2 Å². The number of thioether (sulfide) groups is 1. The molecule has 0 unspecified atom stereocenters. The maximum Gasteiger partial charge on any atom is 0.416 e. The Kier molecular flexibility index (Phi) is 13.1. The Balaban J connectivity index is 1.60. The van der Waals surface area contributed by atoms with Crippen molar-refractivity contribution in [1.29, 1.82) is 0 Å². The lowest BCUT2D eigenvalue weighted by atomic mass is 10.0. The molecule has 3 aromatic carbocycles. The van der Waals surface area contributed by atoms with Crippen molar-refractivity contribution in [1.82, 2.24) is 19.4 Å². The first-order valence-corrected chi connectivity index (χ1v) is 16.8. The zero-order valence-electron chi connectivity index (χ0n) is 27.5. The predicted molar refractivity (Wildman–Crippen MR) is 180 cm³/mol. The molecule has 0 saturated carbocycles. The molecule has 0 spiro atoms. The second-order valence-electron chi connectivity index (χ2n) is 11.1. The number of carbonyl (C=O) groups excluding carboxylic acids is 2. The summed E-state index contributed by atoms with van der Waals surface area (Å²) in [4.78, 5) is 47.4. The third-order valence-corrected chi connectivity index (χ3v) is 8.91. The van der Waals surface area contributed by atoms with E-state index in [1.54, 1.807) is 36.1 Å². The third-order valence-electron chi connectivity index (χ3n) is 7.85. The molecule has 0 fully saturated rings.